The van der Waals surface area contributed by atoms with E-state index >= 15 is 0 Å². The Hall–Kier alpha value is -1.66. The largest absolute Gasteiger partial charge is 0.343 e. The van der Waals surface area contributed by atoms with E-state index in [0.29, 0.717) is 0 Å². The molecule has 0 atom stereocenters. The number of carbonyl (C=O) groups is 1. The van der Waals surface area contributed by atoms with E-state index in [2.05, 4.69) is 25.1 Å². The lowest BCUT2D eigenvalue weighted by Crippen LogP contribution is -2.26. The second kappa shape index (κ2) is 6.62. The van der Waals surface area contributed by atoms with Gasteiger partial charge in [-0.2, -0.15) is 0 Å². The molecule has 0 aliphatic carbocycles. The van der Waals surface area contributed by atoms with Gasteiger partial charge in [0, 0.05) is 13.0 Å². The van der Waals surface area contributed by atoms with E-state index in [1.807, 2.05) is 0 Å². The molecule has 0 radical (unpaired) electrons. The summed E-state index contributed by atoms with van der Waals surface area (Å²) in [6, 6.07) is 3.09. The molecule has 1 amide bonds. The molecule has 8 heteroatoms. The van der Waals surface area contributed by atoms with E-state index in [0.717, 1.165) is 37.5 Å². The van der Waals surface area contributed by atoms with Gasteiger partial charge in [0.05, 0.1) is 11.6 Å². The molecule has 116 valence electrons. The first-order valence-electron chi connectivity index (χ1n) is 7.16. The molecule has 0 saturated heterocycles. The Morgan fingerprint density at radius 1 is 1.23 bits per heavy atom. The Balaban J connectivity index is 1.71. The van der Waals surface area contributed by atoms with Crippen molar-refractivity contribution in [3.05, 3.63) is 39.7 Å². The van der Waals surface area contributed by atoms with Gasteiger partial charge in [0.1, 0.15) is 16.7 Å². The van der Waals surface area contributed by atoms with Crippen LogP contribution in [0.2, 0.25) is 10.2 Å². The third-order valence-corrected chi connectivity index (χ3v) is 4.14. The molecule has 2 aromatic rings. The molecule has 22 heavy (non-hydrogen) atoms. The molecule has 0 aromatic carbocycles. The van der Waals surface area contributed by atoms with Crippen molar-refractivity contribution < 1.29 is 4.79 Å². The summed E-state index contributed by atoms with van der Waals surface area (Å²) in [4.78, 5) is 16.1. The van der Waals surface area contributed by atoms with Gasteiger partial charge in [-0.25, -0.2) is 4.98 Å². The van der Waals surface area contributed by atoms with Gasteiger partial charge in [-0.15, -0.1) is 10.2 Å². The number of aromatic nitrogens is 4. The minimum atomic E-state index is -0.376. The number of fused-ring (bicyclic) bond motifs is 1. The normalized spacial score (nSPS) is 14.3. The highest BCUT2D eigenvalue weighted by atomic mass is 35.5. The fraction of sp³-hybridized carbons (Fsp3) is 0.429. The lowest BCUT2D eigenvalue weighted by atomic mass is 10.2. The minimum absolute atomic E-state index is 0.116. The summed E-state index contributed by atoms with van der Waals surface area (Å²) in [5, 5.41) is 11.6. The maximum Gasteiger partial charge on any atom is 0.271 e. The Labute approximate surface area is 137 Å². The van der Waals surface area contributed by atoms with Crippen molar-refractivity contribution in [3.63, 3.8) is 0 Å². The molecule has 3 heterocycles. The molecule has 1 aliphatic rings. The Morgan fingerprint density at radius 2 is 2.09 bits per heavy atom. The molecule has 0 saturated carbocycles. The number of halogens is 2. The molecule has 1 aliphatic heterocycles. The van der Waals surface area contributed by atoms with Gasteiger partial charge in [0.25, 0.3) is 5.91 Å². The van der Waals surface area contributed by atoms with Gasteiger partial charge in [-0.3, -0.25) is 4.79 Å². The van der Waals surface area contributed by atoms with Crippen LogP contribution in [-0.4, -0.2) is 25.7 Å². The molecular formula is C14H15Cl2N5O. The molecule has 0 spiro atoms. The third kappa shape index (κ3) is 3.23. The van der Waals surface area contributed by atoms with Crippen LogP contribution < -0.4 is 5.32 Å². The van der Waals surface area contributed by atoms with E-state index < -0.39 is 0 Å². The summed E-state index contributed by atoms with van der Waals surface area (Å²) in [6.07, 6.45) is 4.36. The van der Waals surface area contributed by atoms with Crippen molar-refractivity contribution in [2.24, 2.45) is 0 Å². The highest BCUT2D eigenvalue weighted by molar-refractivity contribution is 6.34. The zero-order valence-electron chi connectivity index (χ0n) is 11.9. The molecule has 0 bridgehead atoms. The van der Waals surface area contributed by atoms with Crippen molar-refractivity contribution in [1.29, 1.82) is 0 Å². The van der Waals surface area contributed by atoms with Crippen LogP contribution in [0.15, 0.2) is 12.1 Å². The number of nitrogens with zero attached hydrogens (tertiary/aromatic N) is 4. The smallest absolute Gasteiger partial charge is 0.271 e. The van der Waals surface area contributed by atoms with E-state index in [1.165, 1.54) is 6.42 Å². The van der Waals surface area contributed by atoms with Crippen LogP contribution in [0.4, 0.5) is 0 Å². The first kappa shape index (κ1) is 15.2. The molecular weight excluding hydrogens is 325 g/mol. The van der Waals surface area contributed by atoms with Crippen molar-refractivity contribution >= 4 is 29.1 Å². The van der Waals surface area contributed by atoms with Gasteiger partial charge in [0.15, 0.2) is 5.82 Å². The number of hydrogen-bond acceptors (Lipinski definition) is 4. The highest BCUT2D eigenvalue weighted by Crippen LogP contribution is 2.17. The number of pyridine rings is 1. The number of hydrogen-bond donors (Lipinski definition) is 1. The quantitative estimate of drug-likeness (QED) is 0.872. The second-order valence-corrected chi connectivity index (χ2v) is 5.94. The maximum atomic E-state index is 12.2. The van der Waals surface area contributed by atoms with E-state index in [9.17, 15) is 4.79 Å². The third-order valence-electron chi connectivity index (χ3n) is 3.62. The molecule has 3 rings (SSSR count). The minimum Gasteiger partial charge on any atom is -0.343 e. The van der Waals surface area contributed by atoms with Crippen molar-refractivity contribution in [2.45, 2.75) is 38.8 Å². The number of rotatable bonds is 3. The van der Waals surface area contributed by atoms with Gasteiger partial charge >= 0.3 is 0 Å². The van der Waals surface area contributed by atoms with Crippen LogP contribution in [-0.2, 0) is 19.5 Å². The maximum absolute atomic E-state index is 12.2. The van der Waals surface area contributed by atoms with Crippen LogP contribution in [0.1, 0.15) is 41.4 Å². The van der Waals surface area contributed by atoms with Crippen LogP contribution in [0, 0.1) is 0 Å². The molecule has 2 aromatic heterocycles. The zero-order chi connectivity index (χ0) is 15.5. The molecule has 0 unspecified atom stereocenters. The van der Waals surface area contributed by atoms with Crippen molar-refractivity contribution in [3.8, 4) is 0 Å². The summed E-state index contributed by atoms with van der Waals surface area (Å²) >= 11 is 11.8. The number of aryl methyl sites for hydroxylation is 1. The van der Waals surface area contributed by atoms with Crippen molar-refractivity contribution in [1.82, 2.24) is 25.1 Å². The highest BCUT2D eigenvalue weighted by Gasteiger charge is 2.17. The monoisotopic (exact) mass is 339 g/mol. The SMILES string of the molecule is O=C(NCc1nnc2n1CCCCC2)c1nc(Cl)ccc1Cl. The van der Waals surface area contributed by atoms with Crippen LogP contribution >= 0.6 is 23.2 Å². The van der Waals surface area contributed by atoms with E-state index in [1.54, 1.807) is 12.1 Å². The summed E-state index contributed by atoms with van der Waals surface area (Å²) in [5.41, 5.74) is 0.116. The van der Waals surface area contributed by atoms with E-state index in [-0.39, 0.29) is 28.3 Å². The van der Waals surface area contributed by atoms with Gasteiger partial charge in [-0.05, 0) is 25.0 Å². The summed E-state index contributed by atoms with van der Waals surface area (Å²) in [5.74, 6) is 1.36. The first-order valence-corrected chi connectivity index (χ1v) is 7.92. The summed E-state index contributed by atoms with van der Waals surface area (Å²) < 4.78 is 2.08. The average Bonchev–Trinajstić information content (AvgIpc) is 2.74. The van der Waals surface area contributed by atoms with Crippen molar-refractivity contribution in [2.75, 3.05) is 0 Å². The van der Waals surface area contributed by atoms with Gasteiger partial charge in [0.2, 0.25) is 0 Å². The Morgan fingerprint density at radius 3 is 2.95 bits per heavy atom. The lowest BCUT2D eigenvalue weighted by Gasteiger charge is -2.08. The molecule has 0 fully saturated rings. The Bertz CT molecular complexity index is 701. The lowest BCUT2D eigenvalue weighted by molar-refractivity contribution is 0.0944. The van der Waals surface area contributed by atoms with Crippen LogP contribution in [0.25, 0.3) is 0 Å². The van der Waals surface area contributed by atoms with Gasteiger partial charge in [-0.1, -0.05) is 29.6 Å². The number of nitrogens with one attached hydrogen (secondary N) is 1. The predicted octanol–water partition coefficient (Wildman–Crippen LogP) is 2.64. The molecule has 6 nitrogen and oxygen atoms in total. The van der Waals surface area contributed by atoms with Crippen LogP contribution in [0.3, 0.4) is 0 Å². The van der Waals surface area contributed by atoms with E-state index in [4.69, 9.17) is 23.2 Å². The second-order valence-electron chi connectivity index (χ2n) is 5.14. The fourth-order valence-corrected chi connectivity index (χ4v) is 2.84. The zero-order valence-corrected chi connectivity index (χ0v) is 13.4. The Kier molecular flexibility index (Phi) is 4.59. The fourth-order valence-electron chi connectivity index (χ4n) is 2.50. The first-order chi connectivity index (χ1) is 10.6. The standard InChI is InChI=1S/C14H15Cl2N5O/c15-9-5-6-10(16)18-13(9)14(22)17-8-12-20-19-11-4-2-1-3-7-21(11)12/h5-6H,1-4,7-8H2,(H,17,22). The summed E-state index contributed by atoms with van der Waals surface area (Å²) in [7, 11) is 0. The predicted molar refractivity (Wildman–Crippen MR) is 83.0 cm³/mol. The molecule has 1 N–H and O–H groups in total. The van der Waals surface area contributed by atoms with Crippen LogP contribution in [0.5, 0.6) is 0 Å². The average molecular weight is 340 g/mol. The topological polar surface area (TPSA) is 72.7 Å². The van der Waals surface area contributed by atoms with Gasteiger partial charge < -0.3 is 9.88 Å². The number of carbonyl (C=O) groups excluding carboxylic acids is 1. The summed E-state index contributed by atoms with van der Waals surface area (Å²) in [6.45, 7) is 1.18. The number of amides is 1.